The lowest BCUT2D eigenvalue weighted by atomic mass is 9.81. The summed E-state index contributed by atoms with van der Waals surface area (Å²) in [6.45, 7) is 8.62. The Balaban J connectivity index is 1.64. The molecule has 7 heteroatoms. The Kier molecular flexibility index (Phi) is 5.10. The molecule has 1 aliphatic heterocycles. The molecule has 0 bridgehead atoms. The molecule has 1 aromatic heterocycles. The molecule has 28 heavy (non-hydrogen) atoms. The Morgan fingerprint density at radius 2 is 1.71 bits per heavy atom. The Hall–Kier alpha value is -2.41. The van der Waals surface area contributed by atoms with Crippen molar-refractivity contribution in [3.63, 3.8) is 0 Å². The van der Waals surface area contributed by atoms with Gasteiger partial charge in [-0.1, -0.05) is 6.92 Å². The molecule has 2 aromatic rings. The highest BCUT2D eigenvalue weighted by Crippen LogP contribution is 2.34. The number of carbonyl (C=O) groups excluding carboxylic acids is 1. The van der Waals surface area contributed by atoms with E-state index in [4.69, 9.17) is 4.98 Å². The summed E-state index contributed by atoms with van der Waals surface area (Å²) in [6, 6.07) is 3.47. The molecule has 2 heterocycles. The first-order valence-corrected chi connectivity index (χ1v) is 9.78. The minimum Gasteiger partial charge on any atom is -0.338 e. The lowest BCUT2D eigenvalue weighted by Crippen LogP contribution is -2.47. The van der Waals surface area contributed by atoms with Gasteiger partial charge >= 0.3 is 0 Å². The number of fused-ring (bicyclic) bond motifs is 1. The van der Waals surface area contributed by atoms with Crippen LogP contribution in [0.15, 0.2) is 18.2 Å². The van der Waals surface area contributed by atoms with Gasteiger partial charge in [-0.3, -0.25) is 4.79 Å². The SMILES string of the molecule is CCN1CCN(c2nc(C)c3c(n2)C[C@@H](c2cc(F)cc(F)c2)CC3=O)CC1. The summed E-state index contributed by atoms with van der Waals surface area (Å²) < 4.78 is 27.3. The molecule has 0 radical (unpaired) electrons. The van der Waals surface area contributed by atoms with E-state index in [0.717, 1.165) is 38.8 Å². The highest BCUT2D eigenvalue weighted by atomic mass is 19.1. The molecule has 0 amide bonds. The Morgan fingerprint density at radius 1 is 1.04 bits per heavy atom. The Morgan fingerprint density at radius 3 is 2.36 bits per heavy atom. The van der Waals surface area contributed by atoms with Crippen LogP contribution in [0.2, 0.25) is 0 Å². The number of hydrogen-bond donors (Lipinski definition) is 0. The van der Waals surface area contributed by atoms with E-state index in [1.807, 2.05) is 6.92 Å². The molecule has 5 nitrogen and oxygen atoms in total. The third kappa shape index (κ3) is 3.63. The van der Waals surface area contributed by atoms with Crippen LogP contribution in [0.25, 0.3) is 0 Å². The first-order chi connectivity index (χ1) is 13.4. The predicted molar refractivity (Wildman–Crippen MR) is 103 cm³/mol. The molecule has 0 saturated carbocycles. The molecule has 0 N–H and O–H groups in total. The van der Waals surface area contributed by atoms with Gasteiger partial charge in [0.25, 0.3) is 0 Å². The van der Waals surface area contributed by atoms with E-state index in [9.17, 15) is 13.6 Å². The third-order valence-corrected chi connectivity index (χ3v) is 5.76. The van der Waals surface area contributed by atoms with Crippen LogP contribution in [0, 0.1) is 18.6 Å². The number of Topliss-reactive ketones (excluding diaryl/α,β-unsaturated/α-hetero) is 1. The number of nitrogens with zero attached hydrogens (tertiary/aromatic N) is 4. The molecule has 1 aliphatic carbocycles. The molecule has 2 aliphatic rings. The average molecular weight is 386 g/mol. The van der Waals surface area contributed by atoms with Crippen LogP contribution in [0.1, 0.15) is 46.6 Å². The van der Waals surface area contributed by atoms with Crippen molar-refractivity contribution in [2.75, 3.05) is 37.6 Å². The van der Waals surface area contributed by atoms with Crippen molar-refractivity contribution in [2.45, 2.75) is 32.6 Å². The number of rotatable bonds is 3. The maximum Gasteiger partial charge on any atom is 0.225 e. The molecular weight excluding hydrogens is 362 g/mol. The Labute approximate surface area is 163 Å². The number of likely N-dealkylation sites (N-methyl/N-ethyl adjacent to an activating group) is 1. The van der Waals surface area contributed by atoms with Crippen molar-refractivity contribution in [3.8, 4) is 0 Å². The minimum atomic E-state index is -0.624. The van der Waals surface area contributed by atoms with Crippen LogP contribution < -0.4 is 4.90 Å². The van der Waals surface area contributed by atoms with E-state index in [0.29, 0.717) is 34.9 Å². The van der Waals surface area contributed by atoms with E-state index in [1.165, 1.54) is 12.1 Å². The first-order valence-electron chi connectivity index (χ1n) is 9.78. The average Bonchev–Trinajstić information content (AvgIpc) is 2.66. The standard InChI is InChI=1S/C21H24F2N4O/c1-3-26-4-6-27(7-5-26)21-24-13(2)20-18(25-21)10-15(11-19(20)28)14-8-16(22)12-17(23)9-14/h8-9,12,15H,3-7,10-11H2,1-2H3/t15-/m1/s1. The zero-order valence-electron chi connectivity index (χ0n) is 16.2. The van der Waals surface area contributed by atoms with E-state index in [2.05, 4.69) is 21.7 Å². The summed E-state index contributed by atoms with van der Waals surface area (Å²) >= 11 is 0. The molecule has 0 unspecified atom stereocenters. The fourth-order valence-electron chi connectivity index (χ4n) is 4.21. The molecule has 1 atom stereocenters. The van der Waals surface area contributed by atoms with E-state index in [-0.39, 0.29) is 18.1 Å². The van der Waals surface area contributed by atoms with Crippen LogP contribution in [0.3, 0.4) is 0 Å². The van der Waals surface area contributed by atoms with Crippen molar-refractivity contribution in [1.29, 1.82) is 0 Å². The molecule has 0 spiro atoms. The molecule has 4 rings (SSSR count). The van der Waals surface area contributed by atoms with Crippen LogP contribution in [-0.2, 0) is 6.42 Å². The summed E-state index contributed by atoms with van der Waals surface area (Å²) in [5, 5.41) is 0. The summed E-state index contributed by atoms with van der Waals surface area (Å²) in [5.74, 6) is -0.936. The number of ketones is 1. The lowest BCUT2D eigenvalue weighted by Gasteiger charge is -2.35. The number of benzene rings is 1. The minimum absolute atomic E-state index is 0.0595. The number of halogens is 2. The van der Waals surface area contributed by atoms with Crippen molar-refractivity contribution in [1.82, 2.24) is 14.9 Å². The first kappa shape index (κ1) is 18.9. The number of anilines is 1. The van der Waals surface area contributed by atoms with Gasteiger partial charge in [0.15, 0.2) is 5.78 Å². The molecule has 1 aromatic carbocycles. The third-order valence-electron chi connectivity index (χ3n) is 5.76. The summed E-state index contributed by atoms with van der Waals surface area (Å²) in [5.41, 5.74) is 2.45. The highest BCUT2D eigenvalue weighted by molar-refractivity contribution is 5.99. The monoisotopic (exact) mass is 386 g/mol. The summed E-state index contributed by atoms with van der Waals surface area (Å²) in [7, 11) is 0. The van der Waals surface area contributed by atoms with Crippen molar-refractivity contribution in [2.24, 2.45) is 0 Å². The van der Waals surface area contributed by atoms with Gasteiger partial charge in [-0.05, 0) is 43.5 Å². The zero-order valence-corrected chi connectivity index (χ0v) is 16.2. The normalized spacial score (nSPS) is 20.4. The van der Waals surface area contributed by atoms with Crippen LogP contribution in [-0.4, -0.2) is 53.4 Å². The van der Waals surface area contributed by atoms with E-state index in [1.54, 1.807) is 0 Å². The fraction of sp³-hybridized carbons (Fsp3) is 0.476. The number of carbonyl (C=O) groups is 1. The van der Waals surface area contributed by atoms with Crippen molar-refractivity contribution in [3.05, 3.63) is 52.3 Å². The molecule has 148 valence electrons. The quantitative estimate of drug-likeness (QED) is 0.811. The van der Waals surface area contributed by atoms with Crippen LogP contribution in [0.4, 0.5) is 14.7 Å². The predicted octanol–water partition coefficient (Wildman–Crippen LogP) is 3.12. The second kappa shape index (κ2) is 7.54. The van der Waals surface area contributed by atoms with Gasteiger partial charge in [0.2, 0.25) is 5.95 Å². The van der Waals surface area contributed by atoms with Crippen molar-refractivity contribution < 1.29 is 13.6 Å². The van der Waals surface area contributed by atoms with Gasteiger partial charge in [-0.25, -0.2) is 18.7 Å². The molecule has 1 saturated heterocycles. The number of aryl methyl sites for hydroxylation is 1. The van der Waals surface area contributed by atoms with Crippen LogP contribution >= 0.6 is 0 Å². The maximum absolute atomic E-state index is 13.6. The van der Waals surface area contributed by atoms with E-state index < -0.39 is 11.6 Å². The smallest absolute Gasteiger partial charge is 0.225 e. The Bertz CT molecular complexity index is 889. The molecule has 1 fully saturated rings. The van der Waals surface area contributed by atoms with Crippen molar-refractivity contribution >= 4 is 11.7 Å². The summed E-state index contributed by atoms with van der Waals surface area (Å²) in [6.07, 6.45) is 0.698. The molecular formula is C21H24F2N4O. The lowest BCUT2D eigenvalue weighted by molar-refractivity contribution is 0.0961. The van der Waals surface area contributed by atoms with E-state index >= 15 is 0 Å². The van der Waals surface area contributed by atoms with Gasteiger partial charge in [-0.15, -0.1) is 0 Å². The number of piperazine rings is 1. The van der Waals surface area contributed by atoms with Gasteiger partial charge < -0.3 is 9.80 Å². The van der Waals surface area contributed by atoms with Crippen LogP contribution in [0.5, 0.6) is 0 Å². The van der Waals surface area contributed by atoms with Gasteiger partial charge in [0.1, 0.15) is 11.6 Å². The zero-order chi connectivity index (χ0) is 19.8. The van der Waals surface area contributed by atoms with Gasteiger partial charge in [0.05, 0.1) is 17.0 Å². The highest BCUT2D eigenvalue weighted by Gasteiger charge is 2.31. The summed E-state index contributed by atoms with van der Waals surface area (Å²) in [4.78, 5) is 26.6. The topological polar surface area (TPSA) is 49.3 Å². The maximum atomic E-state index is 13.6. The number of hydrogen-bond acceptors (Lipinski definition) is 5. The van der Waals surface area contributed by atoms with Gasteiger partial charge in [0, 0.05) is 38.7 Å². The largest absolute Gasteiger partial charge is 0.338 e. The second-order valence-corrected chi connectivity index (χ2v) is 7.58. The second-order valence-electron chi connectivity index (χ2n) is 7.58. The van der Waals surface area contributed by atoms with Gasteiger partial charge in [-0.2, -0.15) is 0 Å². The number of aromatic nitrogens is 2. The fourth-order valence-corrected chi connectivity index (χ4v) is 4.21.